The van der Waals surface area contributed by atoms with E-state index < -0.39 is 0 Å². The Labute approximate surface area is 156 Å². The van der Waals surface area contributed by atoms with E-state index in [1.165, 1.54) is 5.56 Å². The average Bonchev–Trinajstić information content (AvgIpc) is 3.25. The molecule has 1 aliphatic rings. The number of aromatic nitrogens is 2. The third-order valence-electron chi connectivity index (χ3n) is 5.13. The number of aliphatic hydroxyl groups excluding tert-OH is 1. The first-order valence-corrected chi connectivity index (χ1v) is 9.12. The van der Waals surface area contributed by atoms with E-state index in [0.717, 1.165) is 51.3 Å². The molecule has 128 valence electrons. The van der Waals surface area contributed by atoms with Crippen LogP contribution in [0.4, 0.5) is 0 Å². The van der Waals surface area contributed by atoms with Crippen molar-refractivity contribution in [3.63, 3.8) is 0 Å². The minimum absolute atomic E-state index is 0.333. The smallest absolute Gasteiger partial charge is 0.0933 e. The van der Waals surface area contributed by atoms with Crippen molar-refractivity contribution < 1.29 is 5.11 Å². The number of fused-ring (bicyclic) bond motifs is 2. The molecule has 0 saturated carbocycles. The van der Waals surface area contributed by atoms with Gasteiger partial charge in [-0.3, -0.25) is 0 Å². The van der Waals surface area contributed by atoms with Crippen LogP contribution in [-0.4, -0.2) is 14.7 Å². The Morgan fingerprint density at radius 3 is 2.54 bits per heavy atom. The molecule has 0 saturated heterocycles. The van der Waals surface area contributed by atoms with Crippen LogP contribution in [0.3, 0.4) is 0 Å². The van der Waals surface area contributed by atoms with Gasteiger partial charge in [-0.05, 0) is 71.5 Å². The second-order valence-electron chi connectivity index (χ2n) is 6.79. The normalized spacial score (nSPS) is 16.2. The zero-order valence-corrected chi connectivity index (χ0v) is 14.8. The minimum atomic E-state index is -0.333. The number of hydrogen-bond acceptors (Lipinski definition) is 2. The minimum Gasteiger partial charge on any atom is -0.388 e. The van der Waals surface area contributed by atoms with E-state index in [4.69, 9.17) is 11.6 Å². The van der Waals surface area contributed by atoms with Gasteiger partial charge >= 0.3 is 0 Å². The van der Waals surface area contributed by atoms with E-state index in [2.05, 4.69) is 41.5 Å². The summed E-state index contributed by atoms with van der Waals surface area (Å²) in [6.07, 6.45) is 3.43. The zero-order valence-electron chi connectivity index (χ0n) is 14.1. The molecule has 5 rings (SSSR count). The second kappa shape index (κ2) is 5.97. The van der Waals surface area contributed by atoms with Crippen LogP contribution in [0.15, 0.2) is 66.9 Å². The number of halogens is 1. The maximum atomic E-state index is 10.1. The van der Waals surface area contributed by atoms with Crippen molar-refractivity contribution in [2.24, 2.45) is 0 Å². The van der Waals surface area contributed by atoms with Gasteiger partial charge < -0.3 is 5.11 Å². The van der Waals surface area contributed by atoms with Crippen LogP contribution >= 0.6 is 11.6 Å². The maximum Gasteiger partial charge on any atom is 0.0933 e. The molecule has 4 aromatic rings. The molecule has 0 amide bonds. The number of hydrogen-bond donors (Lipinski definition) is 1. The van der Waals surface area contributed by atoms with Crippen LogP contribution in [0.5, 0.6) is 0 Å². The number of nitrogens with zero attached hydrogens (tertiary/aromatic N) is 2. The van der Waals surface area contributed by atoms with Gasteiger partial charge in [0.25, 0.3) is 0 Å². The predicted molar refractivity (Wildman–Crippen MR) is 104 cm³/mol. The average molecular weight is 361 g/mol. The highest BCUT2D eigenvalue weighted by atomic mass is 35.5. The van der Waals surface area contributed by atoms with Crippen molar-refractivity contribution in [1.29, 1.82) is 0 Å². The molecule has 0 fully saturated rings. The highest BCUT2D eigenvalue weighted by Gasteiger charge is 2.20. The molecule has 2 heterocycles. The molecular weight excluding hydrogens is 344 g/mol. The van der Waals surface area contributed by atoms with Crippen LogP contribution < -0.4 is 0 Å². The number of benzene rings is 2. The van der Waals surface area contributed by atoms with Crippen LogP contribution in [0.2, 0.25) is 5.02 Å². The largest absolute Gasteiger partial charge is 0.388 e. The van der Waals surface area contributed by atoms with Crippen molar-refractivity contribution in [2.45, 2.75) is 18.9 Å². The van der Waals surface area contributed by atoms with Gasteiger partial charge in [-0.1, -0.05) is 35.9 Å². The summed E-state index contributed by atoms with van der Waals surface area (Å²) in [7, 11) is 0. The monoisotopic (exact) mass is 360 g/mol. The Kier molecular flexibility index (Phi) is 3.59. The van der Waals surface area contributed by atoms with Gasteiger partial charge in [0.05, 0.1) is 17.3 Å². The second-order valence-corrected chi connectivity index (χ2v) is 7.23. The van der Waals surface area contributed by atoms with E-state index in [0.29, 0.717) is 0 Å². The summed E-state index contributed by atoms with van der Waals surface area (Å²) >= 11 is 5.97. The summed E-state index contributed by atoms with van der Waals surface area (Å²) in [6.45, 7) is 0. The lowest BCUT2D eigenvalue weighted by Gasteiger charge is -2.08. The van der Waals surface area contributed by atoms with Crippen LogP contribution in [-0.2, 0) is 6.42 Å². The lowest BCUT2D eigenvalue weighted by Crippen LogP contribution is -1.92. The molecule has 1 N–H and O–H groups in total. The Hall–Kier alpha value is -2.62. The van der Waals surface area contributed by atoms with Crippen molar-refractivity contribution >= 4 is 17.1 Å². The summed E-state index contributed by atoms with van der Waals surface area (Å²) in [4.78, 5) is 0. The van der Waals surface area contributed by atoms with Crippen molar-refractivity contribution in [2.75, 3.05) is 0 Å². The SMILES string of the molecule is OC1CCc2ccc(-c3ccn4nc(-c5ccc(Cl)cc5)cc4c3)cc21. The molecule has 1 atom stereocenters. The molecule has 0 aliphatic heterocycles. The lowest BCUT2D eigenvalue weighted by atomic mass is 10.0. The number of aliphatic hydroxyl groups is 1. The number of rotatable bonds is 2. The zero-order chi connectivity index (χ0) is 17.7. The van der Waals surface area contributed by atoms with E-state index in [1.807, 2.05) is 35.0 Å². The first-order chi connectivity index (χ1) is 12.7. The van der Waals surface area contributed by atoms with Crippen LogP contribution in [0.1, 0.15) is 23.7 Å². The summed E-state index contributed by atoms with van der Waals surface area (Å²) in [5.41, 5.74) is 7.58. The predicted octanol–water partition coefficient (Wildman–Crippen LogP) is 5.30. The molecule has 2 aromatic carbocycles. The number of aryl methyl sites for hydroxylation is 1. The fourth-order valence-corrected chi connectivity index (χ4v) is 3.82. The Morgan fingerprint density at radius 1 is 0.923 bits per heavy atom. The standard InChI is InChI=1S/C22H17ClN2O/c23-18-6-3-15(4-7-18)21-13-19-11-17(9-10-25(19)24-21)16-2-1-14-5-8-22(26)20(14)12-16/h1-4,6-7,9-13,22,26H,5,8H2. The molecule has 1 unspecified atom stereocenters. The quantitative estimate of drug-likeness (QED) is 0.526. The van der Waals surface area contributed by atoms with Crippen LogP contribution in [0.25, 0.3) is 27.9 Å². The topological polar surface area (TPSA) is 37.5 Å². The summed E-state index contributed by atoms with van der Waals surface area (Å²) in [5.74, 6) is 0. The molecule has 0 bridgehead atoms. The third kappa shape index (κ3) is 2.61. The highest BCUT2D eigenvalue weighted by Crippen LogP contribution is 2.34. The number of pyridine rings is 1. The van der Waals surface area contributed by atoms with Gasteiger partial charge in [-0.25, -0.2) is 4.52 Å². The van der Waals surface area contributed by atoms with Gasteiger partial charge in [-0.2, -0.15) is 5.10 Å². The maximum absolute atomic E-state index is 10.1. The van der Waals surface area contributed by atoms with Crippen molar-refractivity contribution in [3.8, 4) is 22.4 Å². The fraction of sp³-hybridized carbons (Fsp3) is 0.136. The molecule has 0 radical (unpaired) electrons. The third-order valence-corrected chi connectivity index (χ3v) is 5.38. The van der Waals surface area contributed by atoms with E-state index in [1.54, 1.807) is 0 Å². The summed E-state index contributed by atoms with van der Waals surface area (Å²) in [6, 6.07) is 20.4. The lowest BCUT2D eigenvalue weighted by molar-refractivity contribution is 0.180. The molecule has 4 heteroatoms. The Balaban J connectivity index is 1.56. The molecule has 2 aromatic heterocycles. The van der Waals surface area contributed by atoms with Gasteiger partial charge in [0, 0.05) is 16.8 Å². The Morgan fingerprint density at radius 2 is 1.69 bits per heavy atom. The van der Waals surface area contributed by atoms with Crippen molar-refractivity contribution in [3.05, 3.63) is 83.0 Å². The summed E-state index contributed by atoms with van der Waals surface area (Å²) < 4.78 is 1.88. The molecule has 3 nitrogen and oxygen atoms in total. The first kappa shape index (κ1) is 15.6. The van der Waals surface area contributed by atoms with Gasteiger partial charge in [0.2, 0.25) is 0 Å². The fourth-order valence-electron chi connectivity index (χ4n) is 3.70. The van der Waals surface area contributed by atoms with Gasteiger partial charge in [0.1, 0.15) is 0 Å². The van der Waals surface area contributed by atoms with Crippen LogP contribution in [0, 0.1) is 0 Å². The van der Waals surface area contributed by atoms with E-state index >= 15 is 0 Å². The molecule has 0 spiro atoms. The highest BCUT2D eigenvalue weighted by molar-refractivity contribution is 6.30. The van der Waals surface area contributed by atoms with E-state index in [9.17, 15) is 5.11 Å². The van der Waals surface area contributed by atoms with E-state index in [-0.39, 0.29) is 6.10 Å². The summed E-state index contributed by atoms with van der Waals surface area (Å²) in [5, 5.41) is 15.5. The molecule has 1 aliphatic carbocycles. The Bertz CT molecular complexity index is 1110. The first-order valence-electron chi connectivity index (χ1n) is 8.74. The van der Waals surface area contributed by atoms with Gasteiger partial charge in [0.15, 0.2) is 0 Å². The molecule has 26 heavy (non-hydrogen) atoms. The molecular formula is C22H17ClN2O. The van der Waals surface area contributed by atoms with Gasteiger partial charge in [-0.15, -0.1) is 0 Å². The van der Waals surface area contributed by atoms with Crippen molar-refractivity contribution in [1.82, 2.24) is 9.61 Å².